The van der Waals surface area contributed by atoms with Crippen molar-refractivity contribution < 1.29 is 9.18 Å². The van der Waals surface area contributed by atoms with Crippen molar-refractivity contribution in [2.24, 2.45) is 11.1 Å². The van der Waals surface area contributed by atoms with E-state index in [1.807, 2.05) is 0 Å². The van der Waals surface area contributed by atoms with Crippen LogP contribution in [0.2, 0.25) is 0 Å². The average Bonchev–Trinajstić information content (AvgIpc) is 3.15. The second-order valence-electron chi connectivity index (χ2n) is 6.11. The van der Waals surface area contributed by atoms with E-state index < -0.39 is 0 Å². The Morgan fingerprint density at radius 2 is 2.04 bits per heavy atom. The SMILES string of the molecule is CC1(CN)CCN(C(=O)c2ccn(-c3ccc(F)cc3)n2)C1.Cl. The Kier molecular flexibility index (Phi) is 5.06. The van der Waals surface area contributed by atoms with Crippen molar-refractivity contribution in [3.8, 4) is 5.69 Å². The van der Waals surface area contributed by atoms with Gasteiger partial charge in [0.2, 0.25) is 0 Å². The lowest BCUT2D eigenvalue weighted by Gasteiger charge is -2.22. The number of nitrogens with zero attached hydrogens (tertiary/aromatic N) is 3. The highest BCUT2D eigenvalue weighted by Gasteiger charge is 2.35. The van der Waals surface area contributed by atoms with E-state index in [9.17, 15) is 9.18 Å². The second kappa shape index (κ2) is 6.68. The summed E-state index contributed by atoms with van der Waals surface area (Å²) in [7, 11) is 0. The first-order valence-electron chi connectivity index (χ1n) is 7.32. The number of hydrogen-bond acceptors (Lipinski definition) is 3. The molecule has 1 unspecified atom stereocenters. The minimum absolute atomic E-state index is 0. The van der Waals surface area contributed by atoms with Crippen LogP contribution in [-0.4, -0.2) is 40.2 Å². The summed E-state index contributed by atoms with van der Waals surface area (Å²) in [6.07, 6.45) is 2.62. The molecular formula is C16H20ClFN4O. The van der Waals surface area contributed by atoms with Crippen LogP contribution in [-0.2, 0) is 0 Å². The molecule has 1 aliphatic heterocycles. The maximum Gasteiger partial charge on any atom is 0.274 e. The molecule has 0 radical (unpaired) electrons. The quantitative estimate of drug-likeness (QED) is 0.933. The summed E-state index contributed by atoms with van der Waals surface area (Å²) < 4.78 is 14.5. The first-order valence-corrected chi connectivity index (χ1v) is 7.32. The molecule has 1 atom stereocenters. The molecule has 1 saturated heterocycles. The number of hydrogen-bond donors (Lipinski definition) is 1. The molecular weight excluding hydrogens is 319 g/mol. The normalized spacial score (nSPS) is 20.4. The number of rotatable bonds is 3. The van der Waals surface area contributed by atoms with Gasteiger partial charge in [0, 0.05) is 19.3 Å². The molecule has 0 saturated carbocycles. The molecule has 0 bridgehead atoms. The van der Waals surface area contributed by atoms with E-state index >= 15 is 0 Å². The molecule has 0 spiro atoms. The number of aromatic nitrogens is 2. The third kappa shape index (κ3) is 3.54. The van der Waals surface area contributed by atoms with Crippen LogP contribution in [0.4, 0.5) is 4.39 Å². The fraction of sp³-hybridized carbons (Fsp3) is 0.375. The van der Waals surface area contributed by atoms with E-state index in [1.165, 1.54) is 12.1 Å². The van der Waals surface area contributed by atoms with Gasteiger partial charge in [-0.15, -0.1) is 12.4 Å². The van der Waals surface area contributed by atoms with Gasteiger partial charge in [0.25, 0.3) is 5.91 Å². The van der Waals surface area contributed by atoms with Gasteiger partial charge in [-0.1, -0.05) is 6.92 Å². The lowest BCUT2D eigenvalue weighted by Crippen LogP contribution is -2.34. The Morgan fingerprint density at radius 1 is 1.35 bits per heavy atom. The summed E-state index contributed by atoms with van der Waals surface area (Å²) in [6, 6.07) is 7.66. The zero-order valence-corrected chi connectivity index (χ0v) is 13.7. The van der Waals surface area contributed by atoms with Gasteiger partial charge in [0.1, 0.15) is 5.82 Å². The van der Waals surface area contributed by atoms with Gasteiger partial charge in [-0.3, -0.25) is 4.79 Å². The van der Waals surface area contributed by atoms with Gasteiger partial charge in [-0.2, -0.15) is 5.10 Å². The molecule has 0 aliphatic carbocycles. The van der Waals surface area contributed by atoms with Crippen LogP contribution in [0.15, 0.2) is 36.5 Å². The Hall–Kier alpha value is -1.92. The van der Waals surface area contributed by atoms with E-state index in [0.717, 1.165) is 6.42 Å². The van der Waals surface area contributed by atoms with Crippen LogP contribution in [0.1, 0.15) is 23.8 Å². The van der Waals surface area contributed by atoms with Gasteiger partial charge in [-0.05, 0) is 48.7 Å². The van der Waals surface area contributed by atoms with E-state index in [-0.39, 0.29) is 29.5 Å². The zero-order valence-electron chi connectivity index (χ0n) is 12.9. The van der Waals surface area contributed by atoms with Crippen molar-refractivity contribution in [3.63, 3.8) is 0 Å². The molecule has 2 heterocycles. The molecule has 1 fully saturated rings. The minimum atomic E-state index is -0.301. The Morgan fingerprint density at radius 3 is 2.65 bits per heavy atom. The van der Waals surface area contributed by atoms with Gasteiger partial charge < -0.3 is 10.6 Å². The minimum Gasteiger partial charge on any atom is -0.337 e. The Bertz CT molecular complexity index is 688. The van der Waals surface area contributed by atoms with Crippen molar-refractivity contribution in [1.82, 2.24) is 14.7 Å². The van der Waals surface area contributed by atoms with E-state index in [2.05, 4.69) is 12.0 Å². The Balaban J connectivity index is 0.00000192. The predicted molar refractivity (Wildman–Crippen MR) is 88.5 cm³/mol. The highest BCUT2D eigenvalue weighted by atomic mass is 35.5. The molecule has 23 heavy (non-hydrogen) atoms. The fourth-order valence-corrected chi connectivity index (χ4v) is 2.70. The number of carbonyl (C=O) groups is 1. The number of nitrogens with two attached hydrogens (primary N) is 1. The fourth-order valence-electron chi connectivity index (χ4n) is 2.70. The highest BCUT2D eigenvalue weighted by molar-refractivity contribution is 5.92. The third-order valence-corrected chi connectivity index (χ3v) is 4.24. The summed E-state index contributed by atoms with van der Waals surface area (Å²) in [6.45, 7) is 4.03. The molecule has 3 rings (SSSR count). The molecule has 2 aromatic rings. The number of halogens is 2. The van der Waals surface area contributed by atoms with Crippen molar-refractivity contribution in [2.45, 2.75) is 13.3 Å². The summed E-state index contributed by atoms with van der Waals surface area (Å²) in [5.74, 6) is -0.386. The van der Waals surface area contributed by atoms with E-state index in [1.54, 1.807) is 34.0 Å². The summed E-state index contributed by atoms with van der Waals surface area (Å²) in [4.78, 5) is 14.3. The van der Waals surface area contributed by atoms with Crippen molar-refractivity contribution in [3.05, 3.63) is 48.0 Å². The van der Waals surface area contributed by atoms with Crippen molar-refractivity contribution in [1.29, 1.82) is 0 Å². The largest absolute Gasteiger partial charge is 0.337 e. The lowest BCUT2D eigenvalue weighted by molar-refractivity contribution is 0.0770. The molecule has 1 aromatic heterocycles. The monoisotopic (exact) mass is 338 g/mol. The van der Waals surface area contributed by atoms with Crippen LogP contribution in [0.5, 0.6) is 0 Å². The van der Waals surface area contributed by atoms with Crippen LogP contribution in [0.3, 0.4) is 0 Å². The number of carbonyl (C=O) groups excluding carboxylic acids is 1. The zero-order chi connectivity index (χ0) is 15.7. The van der Waals surface area contributed by atoms with Crippen LogP contribution in [0, 0.1) is 11.2 Å². The summed E-state index contributed by atoms with van der Waals surface area (Å²) >= 11 is 0. The molecule has 5 nitrogen and oxygen atoms in total. The van der Waals surface area contributed by atoms with E-state index in [0.29, 0.717) is 31.0 Å². The first-order chi connectivity index (χ1) is 10.5. The summed E-state index contributed by atoms with van der Waals surface area (Å²) in [5, 5.41) is 4.30. The number of likely N-dealkylation sites (tertiary alicyclic amines) is 1. The predicted octanol–water partition coefficient (Wildman–Crippen LogP) is 2.24. The standard InChI is InChI=1S/C16H19FN4O.ClH/c1-16(10-18)7-9-20(11-16)15(22)14-6-8-21(19-14)13-4-2-12(17)3-5-13;/h2-6,8H,7,9-11,18H2,1H3;1H. The van der Waals surface area contributed by atoms with Gasteiger partial charge in [0.15, 0.2) is 5.69 Å². The first kappa shape index (κ1) is 17.4. The highest BCUT2D eigenvalue weighted by Crippen LogP contribution is 2.29. The molecule has 1 aromatic carbocycles. The summed E-state index contributed by atoms with van der Waals surface area (Å²) in [5.41, 5.74) is 6.88. The van der Waals surface area contributed by atoms with Crippen LogP contribution < -0.4 is 5.73 Å². The van der Waals surface area contributed by atoms with Crippen LogP contribution in [0.25, 0.3) is 5.69 Å². The molecule has 1 aliphatic rings. The Labute approximate surface area is 140 Å². The molecule has 7 heteroatoms. The van der Waals surface area contributed by atoms with Gasteiger partial charge in [0.05, 0.1) is 5.69 Å². The smallest absolute Gasteiger partial charge is 0.274 e. The van der Waals surface area contributed by atoms with Gasteiger partial charge in [-0.25, -0.2) is 9.07 Å². The molecule has 1 amide bonds. The molecule has 124 valence electrons. The number of amides is 1. The van der Waals surface area contributed by atoms with Gasteiger partial charge >= 0.3 is 0 Å². The maximum absolute atomic E-state index is 12.9. The van der Waals surface area contributed by atoms with Crippen LogP contribution >= 0.6 is 12.4 Å². The number of benzene rings is 1. The topological polar surface area (TPSA) is 64.2 Å². The van der Waals surface area contributed by atoms with E-state index in [4.69, 9.17) is 5.73 Å². The lowest BCUT2D eigenvalue weighted by atomic mass is 9.90. The second-order valence-corrected chi connectivity index (χ2v) is 6.11. The molecule has 2 N–H and O–H groups in total. The third-order valence-electron chi connectivity index (χ3n) is 4.24. The van der Waals surface area contributed by atoms with Crippen molar-refractivity contribution >= 4 is 18.3 Å². The maximum atomic E-state index is 12.9. The van der Waals surface area contributed by atoms with Crippen molar-refractivity contribution in [2.75, 3.05) is 19.6 Å². The average molecular weight is 339 g/mol.